The second-order valence-corrected chi connectivity index (χ2v) is 8.55. The van der Waals surface area contributed by atoms with Crippen molar-refractivity contribution in [2.45, 2.75) is 71.6 Å². The van der Waals surface area contributed by atoms with Gasteiger partial charge < -0.3 is 0 Å². The molecule has 0 spiro atoms. The van der Waals surface area contributed by atoms with E-state index in [4.69, 9.17) is 0 Å². The molecule has 1 nitrogen and oxygen atoms in total. The van der Waals surface area contributed by atoms with Crippen molar-refractivity contribution in [2.75, 3.05) is 0 Å². The van der Waals surface area contributed by atoms with Crippen LogP contribution in [0.25, 0.3) is 0 Å². The van der Waals surface area contributed by atoms with E-state index in [0.717, 1.165) is 30.6 Å². The normalized spacial score (nSPS) is 51.0. The van der Waals surface area contributed by atoms with Crippen LogP contribution < -0.4 is 0 Å². The fourth-order valence-corrected chi connectivity index (χ4v) is 6.55. The van der Waals surface area contributed by atoms with Crippen molar-refractivity contribution < 1.29 is 4.79 Å². The molecule has 0 aliphatic heterocycles. The fraction of sp³-hybridized carbons (Fsp3) is 0.842. The van der Waals surface area contributed by atoms with Gasteiger partial charge in [0.25, 0.3) is 0 Å². The number of fused-ring (bicyclic) bond motifs is 5. The Kier molecular flexibility index (Phi) is 2.76. The average molecular weight is 272 g/mol. The Morgan fingerprint density at radius 1 is 1.00 bits per heavy atom. The first kappa shape index (κ1) is 13.1. The van der Waals surface area contributed by atoms with Gasteiger partial charge in [0.05, 0.1) is 0 Å². The highest BCUT2D eigenvalue weighted by Crippen LogP contribution is 2.65. The van der Waals surface area contributed by atoms with Crippen LogP contribution in [0, 0.1) is 28.6 Å². The first-order chi connectivity index (χ1) is 9.53. The molecule has 0 aromatic rings. The zero-order valence-electron chi connectivity index (χ0n) is 13.1. The Morgan fingerprint density at radius 3 is 2.70 bits per heavy atom. The number of hydrogen-bond donors (Lipinski definition) is 0. The Labute approximate surface area is 123 Å². The molecule has 4 aliphatic rings. The maximum absolute atomic E-state index is 11.8. The number of carbonyl (C=O) groups is 1. The number of allylic oxidation sites excluding steroid dienone is 1. The summed E-state index contributed by atoms with van der Waals surface area (Å²) in [5.41, 5.74) is 2.53. The minimum atomic E-state index is 0.362. The van der Waals surface area contributed by atoms with Gasteiger partial charge in [0, 0.05) is 6.42 Å². The fourth-order valence-electron chi connectivity index (χ4n) is 6.55. The van der Waals surface area contributed by atoms with Gasteiger partial charge in [0.2, 0.25) is 0 Å². The van der Waals surface area contributed by atoms with Gasteiger partial charge in [0.1, 0.15) is 0 Å². The van der Waals surface area contributed by atoms with Crippen molar-refractivity contribution in [3.63, 3.8) is 0 Å². The van der Waals surface area contributed by atoms with Crippen molar-refractivity contribution in [2.24, 2.45) is 28.6 Å². The summed E-state index contributed by atoms with van der Waals surface area (Å²) in [6.07, 6.45) is 13.8. The van der Waals surface area contributed by atoms with Gasteiger partial charge in [-0.3, -0.25) is 4.79 Å². The molecule has 4 rings (SSSR count). The third-order valence-electron chi connectivity index (χ3n) is 7.74. The first-order valence-electron chi connectivity index (χ1n) is 8.77. The van der Waals surface area contributed by atoms with E-state index in [2.05, 4.69) is 13.8 Å². The van der Waals surface area contributed by atoms with Gasteiger partial charge in [-0.2, -0.15) is 0 Å². The van der Waals surface area contributed by atoms with Gasteiger partial charge in [-0.05, 0) is 79.6 Å². The molecular formula is C19H28O. The predicted octanol–water partition coefficient (Wildman–Crippen LogP) is 4.91. The third kappa shape index (κ3) is 1.64. The van der Waals surface area contributed by atoms with E-state index in [1.54, 1.807) is 0 Å². The van der Waals surface area contributed by atoms with Crippen LogP contribution in [-0.2, 0) is 4.79 Å². The molecule has 1 heteroatoms. The van der Waals surface area contributed by atoms with E-state index < -0.39 is 0 Å². The molecule has 110 valence electrons. The van der Waals surface area contributed by atoms with Crippen molar-refractivity contribution >= 4 is 5.78 Å². The number of hydrogen-bond acceptors (Lipinski definition) is 1. The monoisotopic (exact) mass is 272 g/mol. The summed E-state index contributed by atoms with van der Waals surface area (Å²) in [6, 6.07) is 0. The van der Waals surface area contributed by atoms with E-state index >= 15 is 0 Å². The van der Waals surface area contributed by atoms with Crippen molar-refractivity contribution in [3.05, 3.63) is 11.6 Å². The molecule has 0 aromatic carbocycles. The number of carbonyl (C=O) groups excluding carboxylic acids is 1. The minimum absolute atomic E-state index is 0.362. The van der Waals surface area contributed by atoms with Crippen LogP contribution in [0.5, 0.6) is 0 Å². The van der Waals surface area contributed by atoms with Crippen molar-refractivity contribution in [1.82, 2.24) is 0 Å². The highest BCUT2D eigenvalue weighted by Gasteiger charge is 2.55. The largest absolute Gasteiger partial charge is 0.295 e. The van der Waals surface area contributed by atoms with Gasteiger partial charge in [0.15, 0.2) is 5.78 Å². The van der Waals surface area contributed by atoms with Gasteiger partial charge in [-0.1, -0.05) is 25.8 Å². The summed E-state index contributed by atoms with van der Waals surface area (Å²) in [5, 5.41) is 0. The van der Waals surface area contributed by atoms with E-state index in [1.807, 2.05) is 6.08 Å². The quantitative estimate of drug-likeness (QED) is 0.612. The maximum atomic E-state index is 11.8. The summed E-state index contributed by atoms with van der Waals surface area (Å²) in [4.78, 5) is 11.8. The molecule has 3 fully saturated rings. The molecule has 3 saturated carbocycles. The standard InChI is InChI=1S/C19H28O/c1-18-9-3-4-16(18)15-6-5-13-12-14(20)7-11-19(13,2)17(15)8-10-18/h12,15-17H,3-11H2,1-2H3/t15-,16-,17+,18-,19+/m0/s1. The zero-order valence-corrected chi connectivity index (χ0v) is 13.1. The molecule has 0 heterocycles. The lowest BCUT2D eigenvalue weighted by Crippen LogP contribution is -2.49. The summed E-state index contributed by atoms with van der Waals surface area (Å²) in [6.45, 7) is 5.05. The molecule has 0 aromatic heterocycles. The summed E-state index contributed by atoms with van der Waals surface area (Å²) in [7, 11) is 0. The molecule has 20 heavy (non-hydrogen) atoms. The number of ketones is 1. The molecule has 0 N–H and O–H groups in total. The van der Waals surface area contributed by atoms with Crippen LogP contribution in [0.4, 0.5) is 0 Å². The Balaban J connectivity index is 1.69. The molecule has 0 unspecified atom stereocenters. The van der Waals surface area contributed by atoms with Gasteiger partial charge >= 0.3 is 0 Å². The Hall–Kier alpha value is -0.590. The lowest BCUT2D eigenvalue weighted by atomic mass is 9.47. The van der Waals surface area contributed by atoms with Gasteiger partial charge in [-0.25, -0.2) is 0 Å². The summed E-state index contributed by atoms with van der Waals surface area (Å²) >= 11 is 0. The van der Waals surface area contributed by atoms with Crippen LogP contribution in [0.3, 0.4) is 0 Å². The molecule has 0 bridgehead atoms. The van der Waals surface area contributed by atoms with Gasteiger partial charge in [-0.15, -0.1) is 0 Å². The highest BCUT2D eigenvalue weighted by molar-refractivity contribution is 5.91. The number of rotatable bonds is 0. The first-order valence-corrected chi connectivity index (χ1v) is 8.77. The zero-order chi connectivity index (χ0) is 14.0. The van der Waals surface area contributed by atoms with Crippen LogP contribution in [0.1, 0.15) is 71.6 Å². The Morgan fingerprint density at radius 2 is 1.85 bits per heavy atom. The topological polar surface area (TPSA) is 17.1 Å². The molecule has 5 atom stereocenters. The van der Waals surface area contributed by atoms with Crippen LogP contribution in [-0.4, -0.2) is 5.78 Å². The maximum Gasteiger partial charge on any atom is 0.155 e. The second-order valence-electron chi connectivity index (χ2n) is 8.55. The van der Waals surface area contributed by atoms with E-state index in [9.17, 15) is 4.79 Å². The van der Waals surface area contributed by atoms with Crippen LogP contribution in [0.2, 0.25) is 0 Å². The molecular weight excluding hydrogens is 244 g/mol. The van der Waals surface area contributed by atoms with E-state index in [-0.39, 0.29) is 0 Å². The average Bonchev–Trinajstić information content (AvgIpc) is 2.81. The lowest BCUT2D eigenvalue weighted by molar-refractivity contribution is -0.117. The van der Waals surface area contributed by atoms with E-state index in [0.29, 0.717) is 16.6 Å². The predicted molar refractivity (Wildman–Crippen MR) is 81.3 cm³/mol. The smallest absolute Gasteiger partial charge is 0.155 e. The Bertz CT molecular complexity index is 476. The lowest BCUT2D eigenvalue weighted by Gasteiger charge is -2.57. The SMILES string of the molecule is C[C@@]12CCC[C@H]1[C@@H]1CCC3=CC(=O)CC[C@@]3(C)[C@@H]1CC2. The van der Waals surface area contributed by atoms with Crippen molar-refractivity contribution in [3.8, 4) is 0 Å². The summed E-state index contributed by atoms with van der Waals surface area (Å²) in [5.74, 6) is 3.19. The molecule has 0 amide bonds. The molecule has 0 radical (unpaired) electrons. The highest BCUT2D eigenvalue weighted by atomic mass is 16.1. The minimum Gasteiger partial charge on any atom is -0.295 e. The van der Waals surface area contributed by atoms with Crippen LogP contribution in [0.15, 0.2) is 11.6 Å². The van der Waals surface area contributed by atoms with Crippen LogP contribution >= 0.6 is 0 Å². The summed E-state index contributed by atoms with van der Waals surface area (Å²) < 4.78 is 0. The molecule has 0 saturated heterocycles. The second kappa shape index (κ2) is 4.21. The third-order valence-corrected chi connectivity index (χ3v) is 7.74. The van der Waals surface area contributed by atoms with E-state index in [1.165, 1.54) is 50.5 Å². The van der Waals surface area contributed by atoms with Crippen molar-refractivity contribution in [1.29, 1.82) is 0 Å². The molecule has 4 aliphatic carbocycles.